The largest absolute Gasteiger partial charge is 0.310 e. The van der Waals surface area contributed by atoms with Crippen LogP contribution in [0.25, 0.3) is 83.1 Å². The van der Waals surface area contributed by atoms with E-state index in [-0.39, 0.29) is 0 Å². The molecule has 0 aliphatic rings. The van der Waals surface area contributed by atoms with E-state index in [1.54, 1.807) is 0 Å². The molecule has 1 heterocycles. The molecule has 11 aromatic rings. The number of aromatic nitrogens is 1. The van der Waals surface area contributed by atoms with Crippen molar-refractivity contribution in [2.75, 3.05) is 4.90 Å². The van der Waals surface area contributed by atoms with E-state index in [0.717, 1.165) is 39.3 Å². The number of benzene rings is 10. The molecule has 0 bridgehead atoms. The predicted octanol–water partition coefficient (Wildman–Crippen LogP) is 16.6. The van der Waals surface area contributed by atoms with Gasteiger partial charge in [-0.2, -0.15) is 0 Å². The molecule has 0 unspecified atom stereocenters. The van der Waals surface area contributed by atoms with Crippen LogP contribution in [0.4, 0.5) is 17.1 Å². The molecule has 0 aliphatic carbocycles. The summed E-state index contributed by atoms with van der Waals surface area (Å²) in [5, 5.41) is 2.39. The molecule has 2 heteroatoms. The monoisotopic (exact) mass is 790 g/mol. The molecule has 0 radical (unpaired) electrons. The van der Waals surface area contributed by atoms with Gasteiger partial charge in [0.05, 0.1) is 22.4 Å². The third-order valence-electron chi connectivity index (χ3n) is 12.0. The van der Waals surface area contributed by atoms with Gasteiger partial charge >= 0.3 is 0 Å². The smallest absolute Gasteiger partial charge is 0.0562 e. The Hall–Kier alpha value is -8.20. The third-order valence-corrected chi connectivity index (χ3v) is 12.0. The molecule has 292 valence electrons. The molecule has 11 rings (SSSR count). The highest BCUT2D eigenvalue weighted by Crippen LogP contribution is 2.48. The van der Waals surface area contributed by atoms with Gasteiger partial charge in [0.2, 0.25) is 0 Å². The Kier molecular flexibility index (Phi) is 9.57. The van der Waals surface area contributed by atoms with Gasteiger partial charge in [-0.25, -0.2) is 0 Å². The zero-order chi connectivity index (χ0) is 41.2. The number of rotatable bonds is 9. The van der Waals surface area contributed by atoms with Crippen molar-refractivity contribution in [3.05, 3.63) is 255 Å². The summed E-state index contributed by atoms with van der Waals surface area (Å²) in [6, 6.07) is 92.1. The molecule has 0 fully saturated rings. The summed E-state index contributed by atoms with van der Waals surface area (Å²) in [5.41, 5.74) is 18.6. The van der Waals surface area contributed by atoms with E-state index in [4.69, 9.17) is 0 Å². The average Bonchev–Trinajstić information content (AvgIpc) is 3.70. The van der Waals surface area contributed by atoms with Crippen LogP contribution in [-0.4, -0.2) is 4.57 Å². The van der Waals surface area contributed by atoms with Gasteiger partial charge in [-0.05, 0) is 98.6 Å². The molecule has 0 atom stereocenters. The van der Waals surface area contributed by atoms with Crippen LogP contribution in [0.2, 0.25) is 0 Å². The molecule has 0 amide bonds. The van der Waals surface area contributed by atoms with E-state index in [2.05, 4.69) is 264 Å². The highest BCUT2D eigenvalue weighted by molar-refractivity contribution is 6.17. The minimum atomic E-state index is 1.07. The van der Waals surface area contributed by atoms with Crippen LogP contribution in [0.5, 0.6) is 0 Å². The lowest BCUT2D eigenvalue weighted by molar-refractivity contribution is 1.18. The molecule has 62 heavy (non-hydrogen) atoms. The lowest BCUT2D eigenvalue weighted by atomic mass is 9.86. The number of nitrogens with zero attached hydrogens (tertiary/aromatic N) is 2. The molecular formula is C60H42N2. The summed E-state index contributed by atoms with van der Waals surface area (Å²) in [5.74, 6) is 0. The third kappa shape index (κ3) is 6.56. The first kappa shape index (κ1) is 36.8. The van der Waals surface area contributed by atoms with Crippen LogP contribution < -0.4 is 4.90 Å². The molecule has 0 spiro atoms. The van der Waals surface area contributed by atoms with Gasteiger partial charge in [0, 0.05) is 27.7 Å². The van der Waals surface area contributed by atoms with E-state index in [9.17, 15) is 0 Å². The summed E-state index contributed by atoms with van der Waals surface area (Å²) in [7, 11) is 0. The maximum absolute atomic E-state index is 2.45. The Morgan fingerprint density at radius 3 is 1.35 bits per heavy atom. The second-order valence-corrected chi connectivity index (χ2v) is 15.6. The van der Waals surface area contributed by atoms with Crippen LogP contribution >= 0.6 is 0 Å². The quantitative estimate of drug-likeness (QED) is 0.141. The number of anilines is 3. The van der Waals surface area contributed by atoms with Crippen LogP contribution in [0.1, 0.15) is 0 Å². The van der Waals surface area contributed by atoms with Crippen LogP contribution in [0, 0.1) is 0 Å². The molecule has 0 saturated carbocycles. The fraction of sp³-hybridized carbons (Fsp3) is 0. The SMILES string of the molecule is c1ccc(-c2ccccc2-c2ccc(N(c3ccccc3)c3cccc4c3c3ccccc3n4-c3ccccc3-c3ccccc3)cc2-c2ccccc2-c2ccccc2)cc1. The second-order valence-electron chi connectivity index (χ2n) is 15.6. The normalized spacial score (nSPS) is 11.2. The number of para-hydroxylation sites is 3. The summed E-state index contributed by atoms with van der Waals surface area (Å²) >= 11 is 0. The molecule has 0 N–H and O–H groups in total. The van der Waals surface area contributed by atoms with E-state index in [1.807, 2.05) is 0 Å². The van der Waals surface area contributed by atoms with Crippen molar-refractivity contribution < 1.29 is 0 Å². The van der Waals surface area contributed by atoms with Crippen LogP contribution in [0.15, 0.2) is 255 Å². The fourth-order valence-electron chi connectivity index (χ4n) is 9.28. The first-order valence-corrected chi connectivity index (χ1v) is 21.3. The highest BCUT2D eigenvalue weighted by Gasteiger charge is 2.24. The fourth-order valence-corrected chi connectivity index (χ4v) is 9.28. The predicted molar refractivity (Wildman–Crippen MR) is 263 cm³/mol. The van der Waals surface area contributed by atoms with Gasteiger partial charge in [0.1, 0.15) is 0 Å². The van der Waals surface area contributed by atoms with Crippen molar-refractivity contribution in [1.29, 1.82) is 0 Å². The highest BCUT2D eigenvalue weighted by atomic mass is 15.1. The number of hydrogen-bond acceptors (Lipinski definition) is 1. The number of fused-ring (bicyclic) bond motifs is 3. The Labute approximate surface area is 362 Å². The van der Waals surface area contributed by atoms with E-state index in [0.29, 0.717) is 0 Å². The molecule has 0 saturated heterocycles. The molecule has 2 nitrogen and oxygen atoms in total. The Balaban J connectivity index is 1.19. The van der Waals surface area contributed by atoms with Crippen molar-refractivity contribution >= 4 is 38.9 Å². The zero-order valence-corrected chi connectivity index (χ0v) is 34.1. The van der Waals surface area contributed by atoms with Crippen LogP contribution in [0.3, 0.4) is 0 Å². The van der Waals surface area contributed by atoms with E-state index >= 15 is 0 Å². The van der Waals surface area contributed by atoms with Crippen LogP contribution in [-0.2, 0) is 0 Å². The topological polar surface area (TPSA) is 8.17 Å². The van der Waals surface area contributed by atoms with Gasteiger partial charge in [-0.15, -0.1) is 0 Å². The van der Waals surface area contributed by atoms with Crippen molar-refractivity contribution in [3.63, 3.8) is 0 Å². The minimum Gasteiger partial charge on any atom is -0.310 e. The standard InChI is InChI=1S/C60H42N2/c1-5-22-43(23-6-1)48-30-13-15-33-51(48)53-41-40-47(42-55(53)52-34-16-14-31-49(52)44-24-7-2-8-25-44)61(46-28-11-4-12-29-46)58-38-21-39-59-60(58)54-35-18-20-37-57(54)62(59)56-36-19-17-32-50(56)45-26-9-3-10-27-45/h1-42H. The average molecular weight is 791 g/mol. The van der Waals surface area contributed by atoms with Crippen molar-refractivity contribution in [1.82, 2.24) is 4.57 Å². The summed E-state index contributed by atoms with van der Waals surface area (Å²) in [4.78, 5) is 2.45. The van der Waals surface area contributed by atoms with Gasteiger partial charge in [-0.1, -0.05) is 206 Å². The van der Waals surface area contributed by atoms with Gasteiger partial charge < -0.3 is 9.47 Å². The zero-order valence-electron chi connectivity index (χ0n) is 34.1. The van der Waals surface area contributed by atoms with E-state index < -0.39 is 0 Å². The molecule has 0 aliphatic heterocycles. The summed E-state index contributed by atoms with van der Waals surface area (Å²) in [6.45, 7) is 0. The Bertz CT molecular complexity index is 3330. The first-order chi connectivity index (χ1) is 30.8. The Morgan fingerprint density at radius 1 is 0.274 bits per heavy atom. The Morgan fingerprint density at radius 2 is 0.726 bits per heavy atom. The lowest BCUT2D eigenvalue weighted by Crippen LogP contribution is -2.11. The molecular weight excluding hydrogens is 749 g/mol. The second kappa shape index (κ2) is 16.1. The van der Waals surface area contributed by atoms with Gasteiger partial charge in [0.15, 0.2) is 0 Å². The summed E-state index contributed by atoms with van der Waals surface area (Å²) < 4.78 is 2.45. The summed E-state index contributed by atoms with van der Waals surface area (Å²) in [6.07, 6.45) is 0. The van der Waals surface area contributed by atoms with Crippen molar-refractivity contribution in [2.45, 2.75) is 0 Å². The molecule has 1 aromatic heterocycles. The van der Waals surface area contributed by atoms with Gasteiger partial charge in [0.25, 0.3) is 0 Å². The maximum atomic E-state index is 2.45. The van der Waals surface area contributed by atoms with E-state index in [1.165, 1.54) is 60.8 Å². The number of hydrogen-bond donors (Lipinski definition) is 0. The first-order valence-electron chi connectivity index (χ1n) is 21.3. The van der Waals surface area contributed by atoms with Crippen molar-refractivity contribution in [2.24, 2.45) is 0 Å². The lowest BCUT2D eigenvalue weighted by Gasteiger charge is -2.28. The minimum absolute atomic E-state index is 1.07. The molecule has 10 aromatic carbocycles. The van der Waals surface area contributed by atoms with Crippen molar-refractivity contribution in [3.8, 4) is 61.3 Å². The van der Waals surface area contributed by atoms with Gasteiger partial charge in [-0.3, -0.25) is 0 Å². The maximum Gasteiger partial charge on any atom is 0.0562 e.